The molecule has 0 radical (unpaired) electrons. The van der Waals surface area contributed by atoms with Gasteiger partial charge in [0.1, 0.15) is 11.5 Å². The lowest BCUT2D eigenvalue weighted by Crippen LogP contribution is -2.26. The maximum absolute atomic E-state index is 13.1. The molecule has 6 heteroatoms. The second kappa shape index (κ2) is 7.28. The summed E-state index contributed by atoms with van der Waals surface area (Å²) in [5, 5.41) is 3.45. The van der Waals surface area contributed by atoms with Crippen LogP contribution in [-0.2, 0) is 6.42 Å². The lowest BCUT2D eigenvalue weighted by atomic mass is 9.76. The Balaban J connectivity index is 1.89. The van der Waals surface area contributed by atoms with Crippen LogP contribution >= 0.6 is 0 Å². The predicted molar refractivity (Wildman–Crippen MR) is 113 cm³/mol. The number of hydrogen-bond acceptors (Lipinski definition) is 5. The number of carbonyl (C=O) groups excluding carboxylic acids is 1. The van der Waals surface area contributed by atoms with Crippen LogP contribution in [0.15, 0.2) is 42.7 Å². The number of aromatic nitrogens is 2. The molecular weight excluding hydrogens is 366 g/mol. The Kier molecular flexibility index (Phi) is 4.78. The molecule has 6 nitrogen and oxygen atoms in total. The second-order valence-electron chi connectivity index (χ2n) is 8.10. The topological polar surface area (TPSA) is 76.2 Å². The van der Waals surface area contributed by atoms with E-state index in [1.54, 1.807) is 26.6 Å². The number of nitrogens with one attached hydrogen (secondary N) is 2. The number of H-pyrrole nitrogens is 1. The Hall–Kier alpha value is -3.28. The molecule has 0 saturated heterocycles. The summed E-state index contributed by atoms with van der Waals surface area (Å²) in [7, 11) is 3.24. The number of aromatic amines is 1. The van der Waals surface area contributed by atoms with Crippen molar-refractivity contribution < 1.29 is 14.3 Å². The van der Waals surface area contributed by atoms with Crippen LogP contribution in [0.1, 0.15) is 36.3 Å². The Bertz CT molecular complexity index is 1050. The zero-order valence-corrected chi connectivity index (χ0v) is 17.1. The Morgan fingerprint density at radius 3 is 2.52 bits per heavy atom. The van der Waals surface area contributed by atoms with Crippen LogP contribution in [0.5, 0.6) is 11.5 Å². The molecule has 0 aliphatic heterocycles. The molecule has 3 aromatic rings. The van der Waals surface area contributed by atoms with E-state index >= 15 is 0 Å². The SMILES string of the molecule is COc1ccc(OC)c(Nc2c(-c3ccncc3)[nH]c3c2C(=O)CC(C)(C)C3)c1. The molecule has 0 saturated carbocycles. The van der Waals surface area contributed by atoms with Gasteiger partial charge in [0.05, 0.1) is 36.9 Å². The number of methoxy groups -OCH3 is 2. The van der Waals surface area contributed by atoms with Gasteiger partial charge in [-0.1, -0.05) is 13.8 Å². The van der Waals surface area contributed by atoms with E-state index < -0.39 is 0 Å². The van der Waals surface area contributed by atoms with E-state index in [9.17, 15) is 4.79 Å². The van der Waals surface area contributed by atoms with E-state index in [-0.39, 0.29) is 11.2 Å². The van der Waals surface area contributed by atoms with Crippen molar-refractivity contribution in [2.75, 3.05) is 19.5 Å². The van der Waals surface area contributed by atoms with Gasteiger partial charge in [-0.3, -0.25) is 9.78 Å². The van der Waals surface area contributed by atoms with E-state index in [0.717, 1.165) is 40.3 Å². The molecule has 0 bridgehead atoms. The highest BCUT2D eigenvalue weighted by Crippen LogP contribution is 2.44. The Labute approximate surface area is 170 Å². The summed E-state index contributed by atoms with van der Waals surface area (Å²) in [4.78, 5) is 20.7. The van der Waals surface area contributed by atoms with Crippen molar-refractivity contribution >= 4 is 17.2 Å². The molecule has 29 heavy (non-hydrogen) atoms. The van der Waals surface area contributed by atoms with Gasteiger partial charge in [0.2, 0.25) is 0 Å². The van der Waals surface area contributed by atoms with Crippen LogP contribution in [0.2, 0.25) is 0 Å². The number of hydrogen-bond donors (Lipinski definition) is 2. The van der Waals surface area contributed by atoms with Gasteiger partial charge in [-0.05, 0) is 36.1 Å². The largest absolute Gasteiger partial charge is 0.497 e. The fraction of sp³-hybridized carbons (Fsp3) is 0.304. The third kappa shape index (κ3) is 3.58. The maximum atomic E-state index is 13.1. The highest BCUT2D eigenvalue weighted by Gasteiger charge is 2.36. The molecule has 1 aliphatic carbocycles. The zero-order valence-electron chi connectivity index (χ0n) is 17.1. The van der Waals surface area contributed by atoms with E-state index in [4.69, 9.17) is 9.47 Å². The molecular formula is C23H25N3O3. The van der Waals surface area contributed by atoms with Gasteiger partial charge in [0.25, 0.3) is 0 Å². The number of ether oxygens (including phenoxy) is 2. The van der Waals surface area contributed by atoms with Gasteiger partial charge in [-0.15, -0.1) is 0 Å². The minimum atomic E-state index is -0.0740. The van der Waals surface area contributed by atoms with Gasteiger partial charge in [-0.2, -0.15) is 0 Å². The van der Waals surface area contributed by atoms with Crippen LogP contribution in [0, 0.1) is 5.41 Å². The molecule has 1 aromatic carbocycles. The number of carbonyl (C=O) groups is 1. The van der Waals surface area contributed by atoms with Gasteiger partial charge in [-0.25, -0.2) is 0 Å². The van der Waals surface area contributed by atoms with Crippen LogP contribution in [0.3, 0.4) is 0 Å². The molecule has 0 spiro atoms. The highest BCUT2D eigenvalue weighted by molar-refractivity contribution is 6.08. The lowest BCUT2D eigenvalue weighted by molar-refractivity contribution is 0.0912. The Morgan fingerprint density at radius 2 is 1.83 bits per heavy atom. The van der Waals surface area contributed by atoms with Gasteiger partial charge in [0, 0.05) is 36.1 Å². The normalized spacial score (nSPS) is 15.0. The summed E-state index contributed by atoms with van der Waals surface area (Å²) >= 11 is 0. The summed E-state index contributed by atoms with van der Waals surface area (Å²) in [6, 6.07) is 9.42. The third-order valence-electron chi connectivity index (χ3n) is 5.29. The van der Waals surface area contributed by atoms with E-state index in [1.165, 1.54) is 0 Å². The molecule has 2 aromatic heterocycles. The maximum Gasteiger partial charge on any atom is 0.167 e. The average Bonchev–Trinajstić information content (AvgIpc) is 3.05. The van der Waals surface area contributed by atoms with Crippen molar-refractivity contribution in [3.63, 3.8) is 0 Å². The molecule has 2 N–H and O–H groups in total. The van der Waals surface area contributed by atoms with Crippen LogP contribution in [0.25, 0.3) is 11.3 Å². The van der Waals surface area contributed by atoms with E-state index in [0.29, 0.717) is 17.9 Å². The number of benzene rings is 1. The van der Waals surface area contributed by atoms with Crippen molar-refractivity contribution in [3.8, 4) is 22.8 Å². The smallest absolute Gasteiger partial charge is 0.167 e. The fourth-order valence-electron chi connectivity index (χ4n) is 3.96. The van der Waals surface area contributed by atoms with Crippen molar-refractivity contribution in [2.24, 2.45) is 5.41 Å². The van der Waals surface area contributed by atoms with Crippen LogP contribution in [-0.4, -0.2) is 30.0 Å². The molecule has 0 atom stereocenters. The fourth-order valence-corrected chi connectivity index (χ4v) is 3.96. The van der Waals surface area contributed by atoms with Gasteiger partial charge >= 0.3 is 0 Å². The van der Waals surface area contributed by atoms with E-state index in [1.807, 2.05) is 30.3 Å². The van der Waals surface area contributed by atoms with Crippen molar-refractivity contribution in [1.82, 2.24) is 9.97 Å². The molecule has 1 aliphatic rings. The van der Waals surface area contributed by atoms with Crippen LogP contribution in [0.4, 0.5) is 11.4 Å². The first-order valence-corrected chi connectivity index (χ1v) is 9.59. The molecule has 150 valence electrons. The molecule has 0 fully saturated rings. The lowest BCUT2D eigenvalue weighted by Gasteiger charge is -2.28. The van der Waals surface area contributed by atoms with Gasteiger partial charge < -0.3 is 19.8 Å². The number of ketones is 1. The van der Waals surface area contributed by atoms with Crippen LogP contribution < -0.4 is 14.8 Å². The first-order valence-electron chi connectivity index (χ1n) is 9.59. The third-order valence-corrected chi connectivity index (χ3v) is 5.29. The quantitative estimate of drug-likeness (QED) is 0.641. The molecule has 0 amide bonds. The monoisotopic (exact) mass is 391 g/mol. The van der Waals surface area contributed by atoms with Crippen molar-refractivity contribution in [1.29, 1.82) is 0 Å². The summed E-state index contributed by atoms with van der Waals surface area (Å²) in [6.45, 7) is 4.25. The average molecular weight is 391 g/mol. The van der Waals surface area contributed by atoms with E-state index in [2.05, 4.69) is 29.1 Å². The number of rotatable bonds is 5. The predicted octanol–water partition coefficient (Wildman–Crippen LogP) is 4.99. The summed E-state index contributed by atoms with van der Waals surface area (Å²) in [5.41, 5.74) is 4.94. The van der Waals surface area contributed by atoms with Crippen molar-refractivity contribution in [3.05, 3.63) is 54.0 Å². The molecule has 2 heterocycles. The number of pyridine rings is 1. The second-order valence-corrected chi connectivity index (χ2v) is 8.10. The summed E-state index contributed by atoms with van der Waals surface area (Å²) < 4.78 is 10.9. The number of fused-ring (bicyclic) bond motifs is 1. The summed E-state index contributed by atoms with van der Waals surface area (Å²) in [6.07, 6.45) is 4.81. The minimum Gasteiger partial charge on any atom is -0.497 e. The van der Waals surface area contributed by atoms with Gasteiger partial charge in [0.15, 0.2) is 5.78 Å². The first kappa shape index (κ1) is 19.1. The number of nitrogens with zero attached hydrogens (tertiary/aromatic N) is 1. The molecule has 4 rings (SSSR count). The standard InChI is InChI=1S/C23H25N3O3/c1-23(2)12-17-20(18(27)13-23)22(21(26-17)14-7-9-24-10-8-14)25-16-11-15(28-3)5-6-19(16)29-4/h5-11,25-26H,12-13H2,1-4H3. The number of anilines is 2. The molecule has 0 unspecified atom stereocenters. The van der Waals surface area contributed by atoms with Crippen molar-refractivity contribution in [2.45, 2.75) is 26.7 Å². The Morgan fingerprint density at radius 1 is 1.07 bits per heavy atom. The number of Topliss-reactive ketones (excluding diaryl/α,β-unsaturated/α-hetero) is 1. The minimum absolute atomic E-state index is 0.0740. The zero-order chi connectivity index (χ0) is 20.6. The summed E-state index contributed by atoms with van der Waals surface area (Å²) in [5.74, 6) is 1.51. The highest BCUT2D eigenvalue weighted by atomic mass is 16.5. The first-order chi connectivity index (χ1) is 13.9.